The maximum Gasteiger partial charge on any atom is 0.470 e. The van der Waals surface area contributed by atoms with Gasteiger partial charge in [-0.3, -0.25) is 32.3 Å². The molecule has 3 aromatic rings. The van der Waals surface area contributed by atoms with Crippen LogP contribution < -0.4 is 20.8 Å². The van der Waals surface area contributed by atoms with E-state index >= 15 is 0 Å². The molecule has 10 N–H and O–H groups in total. The van der Waals surface area contributed by atoms with Crippen molar-refractivity contribution >= 4 is 40.3 Å². The van der Waals surface area contributed by atoms with E-state index in [4.69, 9.17) is 19.7 Å². The second-order valence-corrected chi connectivity index (χ2v) is 14.6. The summed E-state index contributed by atoms with van der Waals surface area (Å²) < 4.78 is 64.1. The van der Waals surface area contributed by atoms with Gasteiger partial charge in [0.25, 0.3) is 25.5 Å². The quantitative estimate of drug-likeness (QED) is 0.0624. The molecule has 0 radical (unpaired) electrons. The number of hydrogen-bond donors (Lipinski definition) is 9. The molecule has 27 heteroatoms. The standard InChI is InChI=1S/C21H27N6O18P3/c22-16(31)8-2-1-3-26(4-8)19-12(29)11(28)9(42-19)5-41-46(33,34)21(45-48(38,39)40)15-13(30)14(44-47(35,36)37)20(43-15)27-7-25-10-17(27)23-6-24-18(10)32/h1-4,6-7,9,11-15,19-21,28-30H,5H2,(H7-,22,23,24,31,32,33,34,35,36,37,38,39,40). The van der Waals surface area contributed by atoms with Gasteiger partial charge in [0.05, 0.1) is 19.3 Å². The number of carbonyl (C=O) groups is 1. The highest BCUT2D eigenvalue weighted by atomic mass is 31.2. The van der Waals surface area contributed by atoms with Crippen molar-refractivity contribution in [3.05, 3.63) is 53.1 Å². The lowest BCUT2D eigenvalue weighted by molar-refractivity contribution is -0.765. The molecule has 2 aliphatic rings. The molecule has 11 atom stereocenters. The van der Waals surface area contributed by atoms with Gasteiger partial charge in [0.15, 0.2) is 41.7 Å². The number of aromatic nitrogens is 5. The first-order valence-corrected chi connectivity index (χ1v) is 17.9. The predicted octanol–water partition coefficient (Wildman–Crippen LogP) is -4.43. The molecule has 2 saturated heterocycles. The van der Waals surface area contributed by atoms with E-state index in [0.29, 0.717) is 0 Å². The molecule has 264 valence electrons. The van der Waals surface area contributed by atoms with Gasteiger partial charge in [0.1, 0.15) is 36.1 Å². The molecular weight excluding hydrogens is 717 g/mol. The van der Waals surface area contributed by atoms with Crippen molar-refractivity contribution in [1.29, 1.82) is 0 Å². The minimum atomic E-state index is -6.00. The molecule has 0 aliphatic carbocycles. The number of pyridine rings is 1. The van der Waals surface area contributed by atoms with Crippen LogP contribution >= 0.6 is 23.2 Å². The summed E-state index contributed by atoms with van der Waals surface area (Å²) in [5.41, 5.74) is 3.85. The maximum atomic E-state index is 13.5. The highest BCUT2D eigenvalue weighted by molar-refractivity contribution is 7.54. The highest BCUT2D eigenvalue weighted by Crippen LogP contribution is 2.58. The topological polar surface area (TPSA) is 373 Å². The Morgan fingerprint density at radius 1 is 1.12 bits per heavy atom. The summed E-state index contributed by atoms with van der Waals surface area (Å²) >= 11 is 0. The number of primary amides is 1. The van der Waals surface area contributed by atoms with Crippen LogP contribution in [0, 0.1) is 0 Å². The van der Waals surface area contributed by atoms with Gasteiger partial charge in [0.2, 0.25) is 0 Å². The molecule has 5 heterocycles. The van der Waals surface area contributed by atoms with Crippen molar-refractivity contribution in [3.63, 3.8) is 0 Å². The van der Waals surface area contributed by atoms with Crippen LogP contribution in [0.15, 0.2) is 42.0 Å². The van der Waals surface area contributed by atoms with E-state index in [-0.39, 0.29) is 16.7 Å². The highest BCUT2D eigenvalue weighted by Gasteiger charge is 2.58. The summed E-state index contributed by atoms with van der Waals surface area (Å²) in [5.74, 6) is -3.72. The number of fused-ring (bicyclic) bond motifs is 1. The number of carbonyl (C=O) groups excluding carboxylic acids is 1. The molecule has 11 unspecified atom stereocenters. The van der Waals surface area contributed by atoms with E-state index in [1.54, 1.807) is 0 Å². The fraction of sp³-hybridized carbons (Fsp3) is 0.476. The van der Waals surface area contributed by atoms with E-state index < -0.39 is 96.2 Å². The number of ether oxygens (including phenoxy) is 2. The maximum absolute atomic E-state index is 13.5. The number of amides is 1. The number of nitrogens with two attached hydrogens (primary N) is 1. The average molecular weight is 744 g/mol. The number of phosphoric acid groups is 2. The van der Waals surface area contributed by atoms with Gasteiger partial charge in [-0.25, -0.2) is 14.5 Å². The number of hydrogen-bond acceptors (Lipinski definition) is 16. The summed E-state index contributed by atoms with van der Waals surface area (Å²) in [4.78, 5) is 84.6. The van der Waals surface area contributed by atoms with Gasteiger partial charge in [-0.15, -0.1) is 0 Å². The number of phosphoric ester groups is 2. The lowest BCUT2D eigenvalue weighted by Gasteiger charge is -2.32. The Bertz CT molecular complexity index is 1880. The molecule has 1 amide bonds. The molecule has 0 bridgehead atoms. The second-order valence-electron chi connectivity index (χ2n) is 10.4. The van der Waals surface area contributed by atoms with Crippen LogP contribution in [0.3, 0.4) is 0 Å². The molecule has 48 heavy (non-hydrogen) atoms. The van der Waals surface area contributed by atoms with E-state index in [0.717, 1.165) is 21.8 Å². The first kappa shape index (κ1) is 36.4. The zero-order chi connectivity index (χ0) is 35.3. The summed E-state index contributed by atoms with van der Waals surface area (Å²) in [6.45, 7) is -1.08. The zero-order valence-corrected chi connectivity index (χ0v) is 26.4. The first-order valence-electron chi connectivity index (χ1n) is 13.3. The number of aliphatic hydroxyl groups is 3. The monoisotopic (exact) mass is 744 g/mol. The molecule has 2 aliphatic heterocycles. The van der Waals surface area contributed by atoms with Crippen molar-refractivity contribution in [1.82, 2.24) is 19.5 Å². The Labute approximate surface area is 266 Å². The summed E-state index contributed by atoms with van der Waals surface area (Å²) in [6.07, 6.45) is -11.2. The Hall–Kier alpha value is -2.86. The van der Waals surface area contributed by atoms with Crippen molar-refractivity contribution in [2.75, 3.05) is 6.61 Å². The average Bonchev–Trinajstić information content (AvgIpc) is 3.64. The van der Waals surface area contributed by atoms with Crippen LogP contribution in [0.4, 0.5) is 0 Å². The normalized spacial score (nSPS) is 31.0. The first-order chi connectivity index (χ1) is 22.3. The second kappa shape index (κ2) is 13.5. The van der Waals surface area contributed by atoms with E-state index in [1.165, 1.54) is 24.5 Å². The van der Waals surface area contributed by atoms with Crippen LogP contribution in [0.2, 0.25) is 0 Å². The van der Waals surface area contributed by atoms with Gasteiger partial charge in [-0.2, -0.15) is 4.57 Å². The number of imidazole rings is 1. The smallest absolute Gasteiger partial charge is 0.470 e. The minimum Gasteiger partial charge on any atom is -0.756 e. The number of aliphatic hydroxyl groups excluding tert-OH is 3. The van der Waals surface area contributed by atoms with Crippen molar-refractivity contribution in [2.45, 2.75) is 54.9 Å². The summed E-state index contributed by atoms with van der Waals surface area (Å²) in [5, 5.41) is 32.1. The molecule has 0 saturated carbocycles. The Balaban J connectivity index is 1.42. The summed E-state index contributed by atoms with van der Waals surface area (Å²) in [7, 11) is -17.2. The molecule has 2 fully saturated rings. The molecular formula is C21H27N6O18P3. The number of aromatic amines is 1. The predicted molar refractivity (Wildman–Crippen MR) is 147 cm³/mol. The molecule has 0 spiro atoms. The molecule has 3 aromatic heterocycles. The Morgan fingerprint density at radius 3 is 2.48 bits per heavy atom. The summed E-state index contributed by atoms with van der Waals surface area (Å²) in [6, 6.07) is 2.72. The van der Waals surface area contributed by atoms with Crippen LogP contribution in [0.25, 0.3) is 11.2 Å². The lowest BCUT2D eigenvalue weighted by Crippen LogP contribution is -2.46. The van der Waals surface area contributed by atoms with Crippen molar-refractivity contribution < 1.29 is 85.9 Å². The third-order valence-corrected chi connectivity index (χ3v) is 9.89. The fourth-order valence-electron chi connectivity index (χ4n) is 5.06. The largest absolute Gasteiger partial charge is 0.756 e. The van der Waals surface area contributed by atoms with Crippen LogP contribution in [-0.4, -0.2) is 109 Å². The third-order valence-electron chi connectivity index (χ3n) is 7.15. The zero-order valence-electron chi connectivity index (χ0n) is 23.7. The van der Waals surface area contributed by atoms with Gasteiger partial charge < -0.3 is 64.5 Å². The SMILES string of the molecule is NC(=O)c1ccc[n+](C2OC(COP(=O)(O)C(OP(=O)([O-])O)C3OC(n4cnc5c(=O)[nH]cnc54)C(OP(=O)(O)O)C3O)C(O)C2O)c1. The molecule has 24 nitrogen and oxygen atoms in total. The molecule has 0 aromatic carbocycles. The van der Waals surface area contributed by atoms with Gasteiger partial charge in [0, 0.05) is 6.07 Å². The van der Waals surface area contributed by atoms with E-state index in [1.807, 2.05) is 0 Å². The lowest BCUT2D eigenvalue weighted by atomic mass is 10.1. The van der Waals surface area contributed by atoms with Crippen molar-refractivity contribution in [3.8, 4) is 0 Å². The number of rotatable bonds is 12. The van der Waals surface area contributed by atoms with Gasteiger partial charge in [-0.1, -0.05) is 0 Å². The van der Waals surface area contributed by atoms with Gasteiger partial charge >= 0.3 is 15.4 Å². The number of H-pyrrole nitrogens is 1. The van der Waals surface area contributed by atoms with Crippen LogP contribution in [0.1, 0.15) is 22.8 Å². The van der Waals surface area contributed by atoms with Gasteiger partial charge in [-0.05, 0) is 6.07 Å². The minimum absolute atomic E-state index is 0.00545. The van der Waals surface area contributed by atoms with Crippen LogP contribution in [0.5, 0.6) is 0 Å². The molecule has 5 rings (SSSR count). The Kier molecular flexibility index (Phi) is 10.2. The third kappa shape index (κ3) is 7.64. The van der Waals surface area contributed by atoms with Crippen molar-refractivity contribution in [2.24, 2.45) is 5.73 Å². The number of nitrogens with one attached hydrogen (secondary N) is 1. The number of nitrogens with zero attached hydrogens (tertiary/aromatic N) is 4. The van der Waals surface area contributed by atoms with E-state index in [9.17, 15) is 63.1 Å². The fourth-order valence-corrected chi connectivity index (χ4v) is 7.96. The van der Waals surface area contributed by atoms with E-state index in [2.05, 4.69) is 24.0 Å². The Morgan fingerprint density at radius 2 is 1.83 bits per heavy atom. The van der Waals surface area contributed by atoms with Crippen LogP contribution in [-0.2, 0) is 36.7 Å².